The molecule has 7 heteroatoms. The van der Waals surface area contributed by atoms with Crippen molar-refractivity contribution in [2.45, 2.75) is 36.2 Å². The van der Waals surface area contributed by atoms with E-state index in [1.165, 1.54) is 10.5 Å². The van der Waals surface area contributed by atoms with Gasteiger partial charge in [0.1, 0.15) is 0 Å². The SMILES string of the molecule is Cl.Clc1ccc(CC[C@@]2(Cn3ccnc3)OC[C@@H](CSc3ccccc3)O2)cc1. The number of thioether (sulfide) groups is 1. The van der Waals surface area contributed by atoms with Crippen molar-refractivity contribution in [2.75, 3.05) is 12.4 Å². The van der Waals surface area contributed by atoms with E-state index in [9.17, 15) is 0 Å². The van der Waals surface area contributed by atoms with Gasteiger partial charge in [0, 0.05) is 34.5 Å². The lowest BCUT2D eigenvalue weighted by Crippen LogP contribution is -2.37. The highest BCUT2D eigenvalue weighted by molar-refractivity contribution is 7.99. The summed E-state index contributed by atoms with van der Waals surface area (Å²) in [4.78, 5) is 5.40. The molecule has 2 atom stereocenters. The molecule has 4 rings (SSSR count). The van der Waals surface area contributed by atoms with Gasteiger partial charge in [-0.1, -0.05) is 41.9 Å². The summed E-state index contributed by atoms with van der Waals surface area (Å²) < 4.78 is 14.7. The summed E-state index contributed by atoms with van der Waals surface area (Å²) in [5.41, 5.74) is 1.23. The molecule has 1 saturated heterocycles. The van der Waals surface area contributed by atoms with Crippen LogP contribution in [0.2, 0.25) is 5.02 Å². The minimum absolute atomic E-state index is 0. The molecule has 2 aromatic carbocycles. The van der Waals surface area contributed by atoms with Gasteiger partial charge in [0.25, 0.3) is 0 Å². The molecule has 0 spiro atoms. The van der Waals surface area contributed by atoms with Crippen molar-refractivity contribution in [3.63, 3.8) is 0 Å². The lowest BCUT2D eigenvalue weighted by molar-refractivity contribution is -0.180. The van der Waals surface area contributed by atoms with Crippen molar-refractivity contribution in [1.82, 2.24) is 9.55 Å². The number of rotatable bonds is 8. The molecule has 29 heavy (non-hydrogen) atoms. The number of halogens is 2. The Morgan fingerprint density at radius 1 is 1.14 bits per heavy atom. The highest BCUT2D eigenvalue weighted by Gasteiger charge is 2.41. The minimum atomic E-state index is -0.637. The molecule has 0 saturated carbocycles. The van der Waals surface area contributed by atoms with E-state index in [2.05, 4.69) is 41.4 Å². The van der Waals surface area contributed by atoms with Gasteiger partial charge in [-0.25, -0.2) is 4.98 Å². The van der Waals surface area contributed by atoms with Crippen LogP contribution in [0.1, 0.15) is 12.0 Å². The van der Waals surface area contributed by atoms with E-state index in [4.69, 9.17) is 21.1 Å². The van der Waals surface area contributed by atoms with Crippen LogP contribution >= 0.6 is 35.8 Å². The second-order valence-corrected chi connectivity index (χ2v) is 8.48. The fourth-order valence-corrected chi connectivity index (χ4v) is 4.36. The first-order valence-electron chi connectivity index (χ1n) is 9.41. The largest absolute Gasteiger partial charge is 0.345 e. The second-order valence-electron chi connectivity index (χ2n) is 6.95. The first-order valence-corrected chi connectivity index (χ1v) is 10.8. The van der Waals surface area contributed by atoms with Crippen LogP contribution in [0, 0.1) is 0 Å². The summed E-state index contributed by atoms with van der Waals surface area (Å²) in [5, 5.41) is 0.753. The average Bonchev–Trinajstić information content (AvgIpc) is 3.38. The van der Waals surface area contributed by atoms with Crippen LogP contribution in [0.3, 0.4) is 0 Å². The summed E-state index contributed by atoms with van der Waals surface area (Å²) in [5.74, 6) is 0.235. The van der Waals surface area contributed by atoms with Gasteiger partial charge in [0.05, 0.1) is 25.6 Å². The quantitative estimate of drug-likeness (QED) is 0.424. The summed E-state index contributed by atoms with van der Waals surface area (Å²) >= 11 is 7.81. The van der Waals surface area contributed by atoms with Gasteiger partial charge in [-0.15, -0.1) is 24.2 Å². The van der Waals surface area contributed by atoms with E-state index >= 15 is 0 Å². The minimum Gasteiger partial charge on any atom is -0.345 e. The van der Waals surface area contributed by atoms with Crippen molar-refractivity contribution in [2.24, 2.45) is 0 Å². The number of hydrogen-bond donors (Lipinski definition) is 0. The maximum atomic E-state index is 6.47. The molecule has 4 nitrogen and oxygen atoms in total. The molecular weight excluding hydrogens is 427 g/mol. The maximum Gasteiger partial charge on any atom is 0.187 e. The number of benzene rings is 2. The number of imidazole rings is 1. The van der Waals surface area contributed by atoms with E-state index < -0.39 is 5.79 Å². The molecule has 154 valence electrons. The van der Waals surface area contributed by atoms with Gasteiger partial charge >= 0.3 is 0 Å². The van der Waals surface area contributed by atoms with Gasteiger partial charge in [-0.3, -0.25) is 0 Å². The Morgan fingerprint density at radius 3 is 2.66 bits per heavy atom. The van der Waals surface area contributed by atoms with Gasteiger partial charge in [0.15, 0.2) is 5.79 Å². The Hall–Kier alpha value is -1.50. The molecule has 0 aliphatic carbocycles. The van der Waals surface area contributed by atoms with E-state index in [1.807, 2.05) is 35.3 Å². The molecule has 1 aliphatic heterocycles. The number of hydrogen-bond acceptors (Lipinski definition) is 4. The molecule has 1 fully saturated rings. The van der Waals surface area contributed by atoms with Gasteiger partial charge < -0.3 is 14.0 Å². The van der Waals surface area contributed by atoms with Crippen molar-refractivity contribution >= 4 is 35.8 Å². The van der Waals surface area contributed by atoms with Crippen LogP contribution in [0.25, 0.3) is 0 Å². The van der Waals surface area contributed by atoms with E-state index in [1.54, 1.807) is 18.0 Å². The topological polar surface area (TPSA) is 36.3 Å². The number of aryl methyl sites for hydroxylation is 1. The molecule has 0 unspecified atom stereocenters. The molecule has 0 N–H and O–H groups in total. The third-order valence-electron chi connectivity index (χ3n) is 4.78. The summed E-state index contributed by atoms with van der Waals surface area (Å²) in [6.07, 6.45) is 7.25. The Bertz CT molecular complexity index is 862. The van der Waals surface area contributed by atoms with Gasteiger partial charge in [-0.05, 0) is 36.2 Å². The molecule has 3 aromatic rings. The third-order valence-corrected chi connectivity index (χ3v) is 6.18. The molecule has 1 aliphatic rings. The smallest absolute Gasteiger partial charge is 0.187 e. The lowest BCUT2D eigenvalue weighted by Gasteiger charge is -2.28. The monoisotopic (exact) mass is 450 g/mol. The summed E-state index contributed by atoms with van der Waals surface area (Å²) in [7, 11) is 0. The van der Waals surface area contributed by atoms with Crippen LogP contribution in [0.4, 0.5) is 0 Å². The highest BCUT2D eigenvalue weighted by atomic mass is 35.5. The van der Waals surface area contributed by atoms with Crippen molar-refractivity contribution in [1.29, 1.82) is 0 Å². The predicted molar refractivity (Wildman–Crippen MR) is 120 cm³/mol. The van der Waals surface area contributed by atoms with Crippen molar-refractivity contribution < 1.29 is 9.47 Å². The molecule has 0 bridgehead atoms. The summed E-state index contributed by atoms with van der Waals surface area (Å²) in [6, 6.07) is 18.4. The molecule has 0 radical (unpaired) electrons. The normalized spacial score (nSPS) is 21.1. The second kappa shape index (κ2) is 10.5. The lowest BCUT2D eigenvalue weighted by atomic mass is 10.0. The molecule has 1 aromatic heterocycles. The first-order chi connectivity index (χ1) is 13.7. The van der Waals surface area contributed by atoms with Crippen molar-refractivity contribution in [3.05, 3.63) is 83.9 Å². The third kappa shape index (κ3) is 6.24. The fourth-order valence-electron chi connectivity index (χ4n) is 3.34. The first kappa shape index (κ1) is 22.2. The van der Waals surface area contributed by atoms with Crippen LogP contribution < -0.4 is 0 Å². The maximum absolute atomic E-state index is 6.47. The summed E-state index contributed by atoms with van der Waals surface area (Å²) in [6.45, 7) is 1.24. The molecule has 2 heterocycles. The number of aromatic nitrogens is 2. The van der Waals surface area contributed by atoms with Crippen LogP contribution in [-0.2, 0) is 22.4 Å². The molecule has 0 amide bonds. The fraction of sp³-hybridized carbons (Fsp3) is 0.318. The van der Waals surface area contributed by atoms with Crippen LogP contribution in [-0.4, -0.2) is 33.8 Å². The van der Waals surface area contributed by atoms with Crippen LogP contribution in [0.5, 0.6) is 0 Å². The van der Waals surface area contributed by atoms with Crippen molar-refractivity contribution in [3.8, 4) is 0 Å². The zero-order chi connectivity index (χ0) is 19.2. The zero-order valence-electron chi connectivity index (χ0n) is 15.9. The average molecular weight is 451 g/mol. The van der Waals surface area contributed by atoms with E-state index in [0.29, 0.717) is 13.2 Å². The van der Waals surface area contributed by atoms with E-state index in [0.717, 1.165) is 23.6 Å². The number of ether oxygens (including phenoxy) is 2. The Labute approximate surface area is 187 Å². The van der Waals surface area contributed by atoms with Crippen LogP contribution in [0.15, 0.2) is 78.2 Å². The Kier molecular flexibility index (Phi) is 8.04. The standard InChI is InChI=1S/C22H23ClN2O2S.ClH/c23-19-8-6-18(7-9-19)10-11-22(16-25-13-12-24-17-25)26-14-20(27-22)15-28-21-4-2-1-3-5-21;/h1-9,12-13,17,20H,10-11,14-16H2;1H/t20-,22+;/m0./s1. The van der Waals surface area contributed by atoms with E-state index in [-0.39, 0.29) is 18.5 Å². The Balaban J connectivity index is 0.00000240. The van der Waals surface area contributed by atoms with Gasteiger partial charge in [0.2, 0.25) is 0 Å². The Morgan fingerprint density at radius 2 is 1.93 bits per heavy atom. The predicted octanol–water partition coefficient (Wildman–Crippen LogP) is 5.50. The zero-order valence-corrected chi connectivity index (χ0v) is 18.3. The molecular formula is C22H24Cl2N2O2S. The number of nitrogens with zero attached hydrogens (tertiary/aromatic N) is 2. The highest BCUT2D eigenvalue weighted by Crippen LogP contribution is 2.33. The van der Waals surface area contributed by atoms with Gasteiger partial charge in [-0.2, -0.15) is 0 Å².